The number of barbiturate groups is 1. The third-order valence-electron chi connectivity index (χ3n) is 5.34. The summed E-state index contributed by atoms with van der Waals surface area (Å²) in [4.78, 5) is 49.1. The first-order valence-corrected chi connectivity index (χ1v) is 12.0. The van der Waals surface area contributed by atoms with Gasteiger partial charge in [0.2, 0.25) is 0 Å². The van der Waals surface area contributed by atoms with Crippen LogP contribution in [-0.2, 0) is 16.2 Å². The van der Waals surface area contributed by atoms with E-state index in [2.05, 4.69) is 15.9 Å². The second kappa shape index (κ2) is 11.2. The maximum absolute atomic E-state index is 14.3. The summed E-state index contributed by atoms with van der Waals surface area (Å²) in [5.74, 6) is -2.18. The Bertz CT molecular complexity index is 1490. The van der Waals surface area contributed by atoms with E-state index < -0.39 is 34.2 Å². The summed E-state index contributed by atoms with van der Waals surface area (Å²) in [6, 6.07) is 13.2. The minimum absolute atomic E-state index is 0.00138. The lowest BCUT2D eigenvalue weighted by atomic mass is 10.1. The zero-order valence-electron chi connectivity index (χ0n) is 19.8. The summed E-state index contributed by atoms with van der Waals surface area (Å²) >= 11 is 3.40. The topological polar surface area (TPSA) is 128 Å². The van der Waals surface area contributed by atoms with Gasteiger partial charge in [-0.2, -0.15) is 0 Å². The number of non-ortho nitro benzene ring substituents is 1. The Morgan fingerprint density at radius 1 is 1.08 bits per heavy atom. The Labute approximate surface area is 223 Å². The highest BCUT2D eigenvalue weighted by Gasteiger charge is 2.38. The summed E-state index contributed by atoms with van der Waals surface area (Å²) in [5, 5.41) is 13.1. The van der Waals surface area contributed by atoms with Gasteiger partial charge in [0.05, 0.1) is 21.7 Å². The van der Waals surface area contributed by atoms with Crippen LogP contribution in [0.25, 0.3) is 6.08 Å². The molecule has 3 aromatic rings. The number of hydrogen-bond donors (Lipinski definition) is 1. The maximum atomic E-state index is 14.3. The quantitative estimate of drug-likeness (QED) is 0.168. The first kappa shape index (κ1) is 26.5. The van der Waals surface area contributed by atoms with Crippen LogP contribution in [0, 0.1) is 15.9 Å². The molecule has 3 aromatic carbocycles. The number of carbonyl (C=O) groups excluding carboxylic acids is 3. The summed E-state index contributed by atoms with van der Waals surface area (Å²) in [5.41, 5.74) is 0.143. The molecule has 0 radical (unpaired) electrons. The minimum atomic E-state index is -1.07. The molecule has 0 aliphatic carbocycles. The third-order valence-corrected chi connectivity index (χ3v) is 5.93. The van der Waals surface area contributed by atoms with Crippen molar-refractivity contribution in [1.29, 1.82) is 0 Å². The van der Waals surface area contributed by atoms with Gasteiger partial charge in [-0.25, -0.2) is 14.1 Å². The molecular weight excluding hydrogens is 565 g/mol. The minimum Gasteiger partial charge on any atom is -0.490 e. The number of para-hydroxylation sites is 1. The fourth-order valence-electron chi connectivity index (χ4n) is 3.67. The molecule has 1 heterocycles. The molecule has 1 saturated heterocycles. The Morgan fingerprint density at radius 3 is 2.55 bits per heavy atom. The number of benzene rings is 3. The van der Waals surface area contributed by atoms with Crippen molar-refractivity contribution in [2.75, 3.05) is 11.5 Å². The number of anilines is 1. The number of rotatable bonds is 8. The molecular formula is C26H19BrFN3O7. The van der Waals surface area contributed by atoms with Crippen molar-refractivity contribution in [1.82, 2.24) is 5.32 Å². The SMILES string of the molecule is CCOc1cc(/C=C2/C(=O)NC(=O)N(c3ccccc3F)C2=O)cc(Br)c1OCc1cccc([N+](=O)[O-])c1. The Hall–Kier alpha value is -4.58. The lowest BCUT2D eigenvalue weighted by Gasteiger charge is -2.26. The van der Waals surface area contributed by atoms with E-state index in [1.807, 2.05) is 5.32 Å². The molecule has 10 nitrogen and oxygen atoms in total. The number of amides is 4. The highest BCUT2D eigenvalue weighted by Crippen LogP contribution is 2.38. The van der Waals surface area contributed by atoms with Gasteiger partial charge >= 0.3 is 6.03 Å². The number of nitrogens with one attached hydrogen (secondary N) is 1. The number of urea groups is 1. The van der Waals surface area contributed by atoms with Gasteiger partial charge in [-0.15, -0.1) is 0 Å². The van der Waals surface area contributed by atoms with E-state index in [9.17, 15) is 28.9 Å². The number of ether oxygens (including phenoxy) is 2. The van der Waals surface area contributed by atoms with Crippen molar-refractivity contribution in [2.45, 2.75) is 13.5 Å². The van der Waals surface area contributed by atoms with Crippen molar-refractivity contribution >= 4 is 51.2 Å². The Balaban J connectivity index is 1.66. The lowest BCUT2D eigenvalue weighted by molar-refractivity contribution is -0.384. The first-order chi connectivity index (χ1) is 18.2. The number of imide groups is 2. The molecule has 1 aliphatic rings. The van der Waals surface area contributed by atoms with Gasteiger partial charge in [-0.3, -0.25) is 25.0 Å². The molecule has 4 rings (SSSR count). The highest BCUT2D eigenvalue weighted by atomic mass is 79.9. The largest absolute Gasteiger partial charge is 0.490 e. The summed E-state index contributed by atoms with van der Waals surface area (Å²) in [6.45, 7) is 2.01. The van der Waals surface area contributed by atoms with E-state index in [4.69, 9.17) is 9.47 Å². The fraction of sp³-hybridized carbons (Fsp3) is 0.115. The molecule has 1 aliphatic heterocycles. The van der Waals surface area contributed by atoms with Crippen molar-refractivity contribution in [2.24, 2.45) is 0 Å². The van der Waals surface area contributed by atoms with Crippen LogP contribution in [0.15, 0.2) is 70.7 Å². The molecule has 0 aromatic heterocycles. The standard InChI is InChI=1S/C26H19BrFN3O7/c1-2-37-22-13-16(12-19(27)23(22)38-14-15-6-5-7-17(10-15)31(35)36)11-18-24(32)29-26(34)30(25(18)33)21-9-4-3-8-20(21)28/h3-13H,2,14H2,1H3,(H,29,32,34)/b18-11-. The lowest BCUT2D eigenvalue weighted by Crippen LogP contribution is -2.54. The second-order valence-electron chi connectivity index (χ2n) is 7.89. The second-order valence-corrected chi connectivity index (χ2v) is 8.74. The highest BCUT2D eigenvalue weighted by molar-refractivity contribution is 9.10. The summed E-state index contributed by atoms with van der Waals surface area (Å²) < 4.78 is 26.3. The van der Waals surface area contributed by atoms with Crippen molar-refractivity contribution in [3.8, 4) is 11.5 Å². The number of halogens is 2. The Kier molecular flexibility index (Phi) is 7.82. The smallest absolute Gasteiger partial charge is 0.336 e. The molecule has 0 saturated carbocycles. The van der Waals surface area contributed by atoms with E-state index >= 15 is 0 Å². The average molecular weight is 584 g/mol. The zero-order valence-corrected chi connectivity index (χ0v) is 21.4. The van der Waals surface area contributed by atoms with Gasteiger partial charge < -0.3 is 9.47 Å². The van der Waals surface area contributed by atoms with Crippen LogP contribution >= 0.6 is 15.9 Å². The number of nitro benzene ring substituents is 1. The third kappa shape index (κ3) is 5.54. The molecule has 0 unspecified atom stereocenters. The number of carbonyl (C=O) groups is 3. The molecule has 0 atom stereocenters. The fourth-order valence-corrected chi connectivity index (χ4v) is 4.24. The maximum Gasteiger partial charge on any atom is 0.336 e. The molecule has 1 N–H and O–H groups in total. The first-order valence-electron chi connectivity index (χ1n) is 11.2. The zero-order chi connectivity index (χ0) is 27.4. The molecule has 1 fully saturated rings. The van der Waals surface area contributed by atoms with Gasteiger partial charge in [0.15, 0.2) is 11.5 Å². The molecule has 194 valence electrons. The van der Waals surface area contributed by atoms with Gasteiger partial charge in [-0.1, -0.05) is 24.3 Å². The number of hydrogen-bond acceptors (Lipinski definition) is 7. The van der Waals surface area contributed by atoms with Gasteiger partial charge in [-0.05, 0) is 64.3 Å². The van der Waals surface area contributed by atoms with Crippen LogP contribution < -0.4 is 19.7 Å². The summed E-state index contributed by atoms with van der Waals surface area (Å²) in [6.07, 6.45) is 1.25. The van der Waals surface area contributed by atoms with E-state index in [1.165, 1.54) is 42.5 Å². The van der Waals surface area contributed by atoms with Crippen molar-refractivity contribution in [3.05, 3.63) is 97.8 Å². The van der Waals surface area contributed by atoms with E-state index in [0.29, 0.717) is 26.2 Å². The van der Waals surface area contributed by atoms with Crippen LogP contribution in [0.4, 0.5) is 20.6 Å². The molecule has 0 spiro atoms. The van der Waals surface area contributed by atoms with Gasteiger partial charge in [0.1, 0.15) is 18.0 Å². The summed E-state index contributed by atoms with van der Waals surface area (Å²) in [7, 11) is 0. The number of nitrogens with zero attached hydrogens (tertiary/aromatic N) is 2. The van der Waals surface area contributed by atoms with Crippen LogP contribution in [0.1, 0.15) is 18.1 Å². The van der Waals surface area contributed by atoms with Crippen LogP contribution in [0.5, 0.6) is 11.5 Å². The van der Waals surface area contributed by atoms with E-state index in [0.717, 1.165) is 6.07 Å². The average Bonchev–Trinajstić information content (AvgIpc) is 2.87. The van der Waals surface area contributed by atoms with E-state index in [-0.39, 0.29) is 30.3 Å². The van der Waals surface area contributed by atoms with Gasteiger partial charge in [0.25, 0.3) is 17.5 Å². The van der Waals surface area contributed by atoms with Crippen LogP contribution in [0.3, 0.4) is 0 Å². The normalized spacial score (nSPS) is 14.4. The molecule has 12 heteroatoms. The molecule has 4 amide bonds. The van der Waals surface area contributed by atoms with Crippen molar-refractivity contribution in [3.63, 3.8) is 0 Å². The number of nitro groups is 1. The Morgan fingerprint density at radius 2 is 1.84 bits per heavy atom. The monoisotopic (exact) mass is 583 g/mol. The van der Waals surface area contributed by atoms with Crippen LogP contribution in [-0.4, -0.2) is 29.4 Å². The molecule has 38 heavy (non-hydrogen) atoms. The molecule has 0 bridgehead atoms. The predicted octanol–water partition coefficient (Wildman–Crippen LogP) is 5.14. The van der Waals surface area contributed by atoms with Crippen LogP contribution in [0.2, 0.25) is 0 Å². The van der Waals surface area contributed by atoms with E-state index in [1.54, 1.807) is 25.1 Å². The predicted molar refractivity (Wildman–Crippen MR) is 138 cm³/mol. The van der Waals surface area contributed by atoms with Gasteiger partial charge in [0, 0.05) is 12.1 Å². The van der Waals surface area contributed by atoms with Crippen molar-refractivity contribution < 1.29 is 33.2 Å².